The zero-order valence-electron chi connectivity index (χ0n) is 74.3. The second-order valence-corrected chi connectivity index (χ2v) is 57.2. The molecule has 5 fully saturated rings. The van der Waals surface area contributed by atoms with Gasteiger partial charge in [0.1, 0.15) is 61.0 Å². The van der Waals surface area contributed by atoms with Crippen LogP contribution in [0.4, 0.5) is 0 Å². The van der Waals surface area contributed by atoms with Crippen LogP contribution in [-0.2, 0) is 70.7 Å². The Bertz CT molecular complexity index is 5370. The van der Waals surface area contributed by atoms with E-state index in [1.54, 1.807) is 14.0 Å². The van der Waals surface area contributed by atoms with Crippen molar-refractivity contribution in [3.8, 4) is 0 Å². The Morgan fingerprint density at radius 1 is 0.357 bits per heavy atom. The summed E-state index contributed by atoms with van der Waals surface area (Å²) in [5.41, 5.74) is -5.21. The maximum absolute atomic E-state index is 12.2. The fourth-order valence-corrected chi connectivity index (χ4v) is 18.5. The molecule has 5 aromatic rings. The van der Waals surface area contributed by atoms with Gasteiger partial charge in [-0.1, -0.05) is 6.92 Å². The third kappa shape index (κ3) is 30.7. The second-order valence-electron chi connectivity index (χ2n) is 35.7. The zero-order valence-corrected chi connectivity index (χ0v) is 78.8. The molecule has 5 aliphatic rings. The fourth-order valence-electron chi connectivity index (χ4n) is 13.7. The standard InChI is InChI=1S/C17H28N3O6P.2C16H26N3O6P.C15H26N3O5P.C15H25N2O5P/c1-10(21)19(2)8-11-9-20(17(25)18-15(11)24)16-14(23)13(22)12(26-16)6-7-27(3,4)5;2*1-9(20)17-7-10-8-19(16(24)18-14(10)23)15-13(22)12(21)11(25-15)5-6-26(2,3)4;1-16-7-9-8-18(15(22)17-13(9)21)14-12(20)11(19)10(23-14)5-6-24(2,3)4;1-5-9-8-17(15(21)16-13(9)20)14-12(19)11(18)10(22-14)6-7-23(2,3)4/h9,12-14,16,22-23H,3,6-8H2,1-2,4-5H3,(H,18,24,25);2*8,11-13,15,21-22H,2,5-7H2,1,3-4H3,(H,17,20)(H,18,23,24);8,10-12,14,16,19-20H,2,5-7H2,1,3-4H3,(H,17,21,22);8,10-12,14,18-19H,2,5-7H2,1,3-4H3,(H,16,20,21)/t12-,13-,14-,16-;2*11-,12-,13-,15-;2*10-,11-,12-,14-/m11111/s1. The van der Waals surface area contributed by atoms with Gasteiger partial charge < -0.3 is 95.6 Å². The van der Waals surface area contributed by atoms with E-state index in [0.29, 0.717) is 49.7 Å². The number of nitrogens with one attached hydrogen (secondary N) is 8. The maximum atomic E-state index is 12.2. The van der Waals surface area contributed by atoms with E-state index in [9.17, 15) is 113 Å². The number of carbonyl (C=O) groups is 3. The van der Waals surface area contributed by atoms with Gasteiger partial charge in [0.25, 0.3) is 27.8 Å². The van der Waals surface area contributed by atoms with Crippen LogP contribution in [0.1, 0.15) is 119 Å². The Morgan fingerprint density at radius 2 is 0.556 bits per heavy atom. The van der Waals surface area contributed by atoms with Crippen LogP contribution < -0.4 is 72.2 Å². The molecule has 3 amide bonds. The van der Waals surface area contributed by atoms with Crippen LogP contribution in [0.15, 0.2) is 78.9 Å². The number of nitrogens with zero attached hydrogens (tertiary/aromatic N) is 6. The van der Waals surface area contributed by atoms with Crippen molar-refractivity contribution >= 4 is 83.6 Å². The molecule has 126 heavy (non-hydrogen) atoms. The van der Waals surface area contributed by atoms with E-state index >= 15 is 0 Å². The van der Waals surface area contributed by atoms with E-state index < -0.39 is 213 Å². The molecule has 10 heterocycles. The number of hydrogen-bond donors (Lipinski definition) is 18. The van der Waals surface area contributed by atoms with E-state index in [2.05, 4.69) is 139 Å². The van der Waals surface area contributed by atoms with Crippen molar-refractivity contribution in [3.05, 3.63) is 163 Å². The summed E-state index contributed by atoms with van der Waals surface area (Å²) in [6.45, 7) is 20.0. The lowest BCUT2D eigenvalue weighted by Crippen LogP contribution is -2.39. The molecule has 0 aromatic carbocycles. The van der Waals surface area contributed by atoms with Crippen molar-refractivity contribution in [2.24, 2.45) is 0 Å². The second kappa shape index (κ2) is 45.5. The smallest absolute Gasteiger partial charge is 0.330 e. The predicted octanol–water partition coefficient (Wildman–Crippen LogP) is -4.19. The van der Waals surface area contributed by atoms with Crippen molar-refractivity contribution < 1.29 is 89.1 Å². The van der Waals surface area contributed by atoms with Crippen molar-refractivity contribution in [2.45, 2.75) is 215 Å². The first kappa shape index (κ1) is 107. The van der Waals surface area contributed by atoms with Gasteiger partial charge in [-0.25, -0.2) is 24.0 Å². The van der Waals surface area contributed by atoms with Crippen molar-refractivity contribution in [3.63, 3.8) is 0 Å². The molecule has 0 saturated carbocycles. The van der Waals surface area contributed by atoms with Gasteiger partial charge in [0.15, 0.2) is 31.1 Å². The molecular weight excluding hydrogens is 1750 g/mol. The number of amides is 3. The number of hydrogen-bond acceptors (Lipinski definition) is 29. The van der Waals surface area contributed by atoms with Gasteiger partial charge in [-0.15, -0.1) is 65.9 Å². The molecule has 0 bridgehead atoms. The van der Waals surface area contributed by atoms with Crippen LogP contribution in [0.3, 0.4) is 0 Å². The quantitative estimate of drug-likeness (QED) is 0.0202. The van der Waals surface area contributed by atoms with Crippen LogP contribution in [0.25, 0.3) is 0 Å². The number of aromatic amines is 5. The third-order valence-electron chi connectivity index (χ3n) is 21.1. The molecular formula is C79H131N14O28P5. The largest absolute Gasteiger partial charge is 0.388 e. The van der Waals surface area contributed by atoms with Gasteiger partial charge in [-0.3, -0.25) is 86.1 Å². The van der Waals surface area contributed by atoms with Gasteiger partial charge in [0.05, 0.1) is 53.8 Å². The molecule has 0 radical (unpaired) electrons. The average molecular weight is 1880 g/mol. The number of ether oxygens (including phenoxy) is 5. The minimum atomic E-state index is -1.33. The first-order chi connectivity index (χ1) is 58.2. The van der Waals surface area contributed by atoms with E-state index in [1.807, 2.05) is 0 Å². The fraction of sp³-hybridized carbons (Fsp3) is 0.646. The molecule has 0 aliphatic carbocycles. The summed E-state index contributed by atoms with van der Waals surface area (Å²) in [6.07, 6.45) is 13.6. The summed E-state index contributed by atoms with van der Waals surface area (Å²) in [7, 11) is 3.21. The molecule has 20 atom stereocenters. The molecule has 710 valence electrons. The predicted molar refractivity (Wildman–Crippen MR) is 492 cm³/mol. The summed E-state index contributed by atoms with van der Waals surface area (Å²) in [6, 6.07) is 0. The number of aryl methyl sites for hydroxylation is 1. The third-order valence-corrected chi connectivity index (χ3v) is 28.5. The monoisotopic (exact) mass is 1880 g/mol. The summed E-state index contributed by atoms with van der Waals surface area (Å²) in [4.78, 5) is 165. The number of aliphatic hydroxyl groups is 10. The van der Waals surface area contributed by atoms with Crippen molar-refractivity contribution in [1.82, 2.24) is 68.6 Å². The first-order valence-electron chi connectivity index (χ1n) is 40.7. The Kier molecular flexibility index (Phi) is 38.8. The summed E-state index contributed by atoms with van der Waals surface area (Å²) < 4.78 is 34.0. The highest BCUT2D eigenvalue weighted by molar-refractivity contribution is 7.73. The Morgan fingerprint density at radius 3 is 0.754 bits per heavy atom. The lowest BCUT2D eigenvalue weighted by Gasteiger charge is -2.20. The molecule has 42 nitrogen and oxygen atoms in total. The van der Waals surface area contributed by atoms with E-state index in [-0.39, 0.29) is 60.6 Å². The molecule has 0 spiro atoms. The molecule has 47 heteroatoms. The Balaban J connectivity index is 0.000000243. The topological polar surface area (TPSA) is 613 Å². The molecule has 0 unspecified atom stereocenters. The van der Waals surface area contributed by atoms with Gasteiger partial charge >= 0.3 is 28.4 Å². The normalized spacial score (nSPS) is 26.6. The van der Waals surface area contributed by atoms with E-state index in [0.717, 1.165) is 53.6 Å². The summed E-state index contributed by atoms with van der Waals surface area (Å²) in [5.74, 6) is -0.887. The highest BCUT2D eigenvalue weighted by Crippen LogP contribution is 2.44. The zero-order chi connectivity index (χ0) is 95.2. The molecule has 10 rings (SSSR count). The van der Waals surface area contributed by atoms with Crippen molar-refractivity contribution in [1.29, 1.82) is 0 Å². The summed E-state index contributed by atoms with van der Waals surface area (Å²) in [5, 5.41) is 110. The maximum Gasteiger partial charge on any atom is 0.330 e. The van der Waals surface area contributed by atoms with E-state index in [1.165, 1.54) is 63.7 Å². The Hall–Kier alpha value is -7.33. The van der Waals surface area contributed by atoms with Crippen LogP contribution in [0, 0.1) is 0 Å². The number of carbonyl (C=O) groups excluding carboxylic acids is 3. The molecule has 5 aromatic heterocycles. The lowest BCUT2D eigenvalue weighted by molar-refractivity contribution is -0.128. The van der Waals surface area contributed by atoms with Crippen LogP contribution >= 0.6 is 34.4 Å². The van der Waals surface area contributed by atoms with Crippen LogP contribution in [-0.4, -0.2) is 356 Å². The average Bonchev–Trinajstić information content (AvgIpc) is 1.64. The number of rotatable bonds is 29. The number of H-pyrrole nitrogens is 5. The lowest BCUT2D eigenvalue weighted by atomic mass is 10.1. The Labute approximate surface area is 727 Å². The van der Waals surface area contributed by atoms with Gasteiger partial charge in [-0.05, 0) is 143 Å². The van der Waals surface area contributed by atoms with Crippen LogP contribution in [0.5, 0.6) is 0 Å². The summed E-state index contributed by atoms with van der Waals surface area (Å²) >= 11 is 0. The number of aliphatic hydroxyl groups excluding tert-OH is 10. The van der Waals surface area contributed by atoms with Crippen molar-refractivity contribution in [2.75, 3.05) is 112 Å². The minimum absolute atomic E-state index is 0.0000817. The van der Waals surface area contributed by atoms with Gasteiger partial charge in [-0.2, -0.15) is 0 Å². The minimum Gasteiger partial charge on any atom is -0.388 e. The van der Waals surface area contributed by atoms with Gasteiger partial charge in [0.2, 0.25) is 17.7 Å². The highest BCUT2D eigenvalue weighted by atomic mass is 31.2. The molecule has 18 N–H and O–H groups in total. The SMILES string of the molecule is C=P(C)(C)CC[C@H]1O[C@@H](n2cc(CC)c(=O)[nH]c2=O)[C@H](O)[C@@H]1O.C=P(C)(C)CC[C@H]1O[C@@H](n2cc(CN(C)C(C)=O)c(=O)[nH]c2=O)[C@H](O)[C@@H]1O.C=P(C)(C)CC[C@H]1O[C@@H](n2cc(CNC(C)=O)c(=O)[nH]c2=O)[C@H](O)[C@@H]1O.C=P(C)(C)CC[C@H]1O[C@@H](n2cc(CNC(C)=O)c(=O)[nH]c2=O)[C@H](O)[C@@H]1O.C=P(C)(C)CC[C@H]1O[C@@H](n2cc(CNC)c(=O)[nH]c2=O)[C@H](O)[C@@H]1O. The number of aromatic nitrogens is 10. The molecule has 5 aliphatic heterocycles. The van der Waals surface area contributed by atoms with Gasteiger partial charge in [0, 0.05) is 89.6 Å². The first-order valence-corrected chi connectivity index (χ1v) is 56.0. The molecule has 5 saturated heterocycles. The van der Waals surface area contributed by atoms with Crippen LogP contribution in [0.2, 0.25) is 0 Å². The highest BCUT2D eigenvalue weighted by Gasteiger charge is 2.49. The van der Waals surface area contributed by atoms with E-state index in [4.69, 9.17) is 23.7 Å².